The lowest BCUT2D eigenvalue weighted by Gasteiger charge is -2.33. The van der Waals surface area contributed by atoms with Crippen LogP contribution in [0.3, 0.4) is 0 Å². The Balaban J connectivity index is 1.89. The molecule has 1 aliphatic heterocycles. The number of hydrogen-bond donors (Lipinski definition) is 2. The molecule has 1 saturated heterocycles. The van der Waals surface area contributed by atoms with E-state index in [0.29, 0.717) is 24.0 Å². The lowest BCUT2D eigenvalue weighted by molar-refractivity contribution is 0.1000. The van der Waals surface area contributed by atoms with Crippen molar-refractivity contribution in [1.29, 1.82) is 0 Å². The number of carbonyl (C=O) groups excluding carboxylic acids is 1. The molecule has 0 spiro atoms. The Bertz CT molecular complexity index is 801. The van der Waals surface area contributed by atoms with Crippen molar-refractivity contribution in [3.8, 4) is 5.75 Å². The number of nitrogens with two attached hydrogens (primary N) is 1. The maximum absolute atomic E-state index is 11.8. The van der Waals surface area contributed by atoms with Crippen molar-refractivity contribution in [2.24, 2.45) is 11.7 Å². The monoisotopic (exact) mass is 394 g/mol. The summed E-state index contributed by atoms with van der Waals surface area (Å²) < 4.78 is 6.52. The summed E-state index contributed by atoms with van der Waals surface area (Å²) in [6.45, 7) is 11.2. The molecule has 1 heterocycles. The molecule has 3 rings (SSSR count). The van der Waals surface area contributed by atoms with E-state index < -0.39 is 0 Å². The molecule has 4 nitrogen and oxygen atoms in total. The van der Waals surface area contributed by atoms with Gasteiger partial charge in [-0.1, -0.05) is 58.0 Å². The molecule has 0 radical (unpaired) electrons. The number of ether oxygens (including phenoxy) is 1. The van der Waals surface area contributed by atoms with Crippen LogP contribution >= 0.6 is 0 Å². The summed E-state index contributed by atoms with van der Waals surface area (Å²) in [5.74, 6) is 1.93. The second-order valence-corrected chi connectivity index (χ2v) is 8.74. The third kappa shape index (κ3) is 4.99. The van der Waals surface area contributed by atoms with E-state index in [9.17, 15) is 4.79 Å². The summed E-state index contributed by atoms with van der Waals surface area (Å²) in [6.07, 6.45) is 1.12. The fourth-order valence-electron chi connectivity index (χ4n) is 4.27. The fourth-order valence-corrected chi connectivity index (χ4v) is 4.27. The van der Waals surface area contributed by atoms with Crippen LogP contribution < -0.4 is 15.8 Å². The highest BCUT2D eigenvalue weighted by atomic mass is 16.5. The molecule has 4 heteroatoms. The summed E-state index contributed by atoms with van der Waals surface area (Å²) in [5, 5.41) is 3.53. The van der Waals surface area contributed by atoms with E-state index in [4.69, 9.17) is 10.5 Å². The van der Waals surface area contributed by atoms with E-state index in [1.165, 1.54) is 5.56 Å². The van der Waals surface area contributed by atoms with Gasteiger partial charge in [-0.3, -0.25) is 4.79 Å². The molecule has 2 unspecified atom stereocenters. The molecule has 1 amide bonds. The summed E-state index contributed by atoms with van der Waals surface area (Å²) in [5.41, 5.74) is 9.66. The van der Waals surface area contributed by atoms with Gasteiger partial charge in [0.25, 0.3) is 0 Å². The highest BCUT2D eigenvalue weighted by molar-refractivity contribution is 5.93. The molecule has 1 aliphatic rings. The lowest BCUT2D eigenvalue weighted by atomic mass is 9.81. The van der Waals surface area contributed by atoms with E-state index in [0.717, 1.165) is 36.4 Å². The van der Waals surface area contributed by atoms with Crippen LogP contribution in [0.4, 0.5) is 0 Å². The van der Waals surface area contributed by atoms with Crippen molar-refractivity contribution in [3.63, 3.8) is 0 Å². The molecule has 0 aromatic heterocycles. The van der Waals surface area contributed by atoms with Crippen molar-refractivity contribution in [2.75, 3.05) is 19.7 Å². The van der Waals surface area contributed by atoms with Gasteiger partial charge in [-0.05, 0) is 59.5 Å². The van der Waals surface area contributed by atoms with Crippen LogP contribution in [0, 0.1) is 5.92 Å². The van der Waals surface area contributed by atoms with E-state index in [1.54, 1.807) is 0 Å². The first-order chi connectivity index (χ1) is 13.9. The Labute approximate surface area is 174 Å². The average Bonchev–Trinajstić information content (AvgIpc) is 2.72. The number of nitrogens with one attached hydrogen (secondary N) is 1. The van der Waals surface area contributed by atoms with Gasteiger partial charge in [0.1, 0.15) is 5.75 Å². The first-order valence-electron chi connectivity index (χ1n) is 10.7. The zero-order chi connectivity index (χ0) is 21.0. The van der Waals surface area contributed by atoms with Gasteiger partial charge < -0.3 is 15.8 Å². The zero-order valence-corrected chi connectivity index (χ0v) is 18.1. The number of primary amides is 1. The van der Waals surface area contributed by atoms with Crippen molar-refractivity contribution < 1.29 is 9.53 Å². The molecule has 3 N–H and O–H groups in total. The zero-order valence-electron chi connectivity index (χ0n) is 18.1. The van der Waals surface area contributed by atoms with E-state index >= 15 is 0 Å². The highest BCUT2D eigenvalue weighted by Crippen LogP contribution is 2.37. The Morgan fingerprint density at radius 3 is 2.28 bits per heavy atom. The Hall–Kier alpha value is -2.33. The SMILES string of the molecule is CC(C)c1cc(C(N)=O)cc(C(C)C)c1OCC1CNCCC1c1ccccc1. The third-order valence-corrected chi connectivity index (χ3v) is 5.95. The minimum absolute atomic E-state index is 0.246. The topological polar surface area (TPSA) is 64.4 Å². The van der Waals surface area contributed by atoms with Crippen LogP contribution in [0.5, 0.6) is 5.75 Å². The van der Waals surface area contributed by atoms with Gasteiger partial charge in [0, 0.05) is 18.0 Å². The van der Waals surface area contributed by atoms with E-state index in [2.05, 4.69) is 63.3 Å². The minimum atomic E-state index is -0.388. The average molecular weight is 395 g/mol. The van der Waals surface area contributed by atoms with Crippen LogP contribution in [-0.2, 0) is 0 Å². The van der Waals surface area contributed by atoms with Gasteiger partial charge in [0.15, 0.2) is 0 Å². The third-order valence-electron chi connectivity index (χ3n) is 5.95. The number of amides is 1. The number of carbonyl (C=O) groups is 1. The van der Waals surface area contributed by atoms with Gasteiger partial charge in [-0.15, -0.1) is 0 Å². The van der Waals surface area contributed by atoms with E-state index in [1.807, 2.05) is 12.1 Å². The second kappa shape index (κ2) is 9.45. The van der Waals surface area contributed by atoms with E-state index in [-0.39, 0.29) is 17.7 Å². The van der Waals surface area contributed by atoms with Gasteiger partial charge in [-0.25, -0.2) is 0 Å². The van der Waals surface area contributed by atoms with Gasteiger partial charge in [-0.2, -0.15) is 0 Å². The first kappa shape index (κ1) is 21.4. The molecular formula is C25H34N2O2. The molecule has 2 aromatic rings. The molecule has 2 aromatic carbocycles. The van der Waals surface area contributed by atoms with Gasteiger partial charge in [0.2, 0.25) is 5.91 Å². The maximum atomic E-state index is 11.8. The number of benzene rings is 2. The minimum Gasteiger partial charge on any atom is -0.493 e. The lowest BCUT2D eigenvalue weighted by Crippen LogP contribution is -2.38. The smallest absolute Gasteiger partial charge is 0.248 e. The van der Waals surface area contributed by atoms with Crippen molar-refractivity contribution in [2.45, 2.75) is 51.9 Å². The Kier molecular flexibility index (Phi) is 6.96. The predicted molar refractivity (Wildman–Crippen MR) is 119 cm³/mol. The molecule has 156 valence electrons. The molecular weight excluding hydrogens is 360 g/mol. The van der Waals surface area contributed by atoms with Gasteiger partial charge >= 0.3 is 0 Å². The molecule has 0 aliphatic carbocycles. The quantitative estimate of drug-likeness (QED) is 0.709. The fraction of sp³-hybridized carbons (Fsp3) is 0.480. The van der Waals surface area contributed by atoms with Crippen molar-refractivity contribution >= 4 is 5.91 Å². The standard InChI is InChI=1S/C25H34N2O2/c1-16(2)22-12-19(25(26)28)13-23(17(3)4)24(22)29-15-20-14-27-11-10-21(20)18-8-6-5-7-9-18/h5-9,12-13,16-17,20-21,27H,10-11,14-15H2,1-4H3,(H2,26,28). The van der Waals surface area contributed by atoms with Crippen LogP contribution in [0.2, 0.25) is 0 Å². The molecule has 1 fully saturated rings. The van der Waals surface area contributed by atoms with Crippen LogP contribution in [0.25, 0.3) is 0 Å². The van der Waals surface area contributed by atoms with Crippen molar-refractivity contribution in [3.05, 3.63) is 64.7 Å². The second-order valence-electron chi connectivity index (χ2n) is 8.74. The predicted octanol–water partition coefficient (Wildman–Crippen LogP) is 4.80. The number of rotatable bonds is 7. The summed E-state index contributed by atoms with van der Waals surface area (Å²) in [6, 6.07) is 14.6. The highest BCUT2D eigenvalue weighted by Gasteiger charge is 2.28. The Morgan fingerprint density at radius 2 is 1.72 bits per heavy atom. The van der Waals surface area contributed by atoms with Crippen molar-refractivity contribution in [1.82, 2.24) is 5.32 Å². The molecule has 29 heavy (non-hydrogen) atoms. The van der Waals surface area contributed by atoms with Crippen LogP contribution in [0.1, 0.15) is 78.9 Å². The first-order valence-corrected chi connectivity index (χ1v) is 10.7. The van der Waals surface area contributed by atoms with Crippen LogP contribution in [0.15, 0.2) is 42.5 Å². The summed E-state index contributed by atoms with van der Waals surface area (Å²) in [7, 11) is 0. The molecule has 2 atom stereocenters. The van der Waals surface area contributed by atoms with Crippen LogP contribution in [-0.4, -0.2) is 25.6 Å². The normalized spacial score (nSPS) is 19.5. The Morgan fingerprint density at radius 1 is 1.10 bits per heavy atom. The summed E-state index contributed by atoms with van der Waals surface area (Å²) in [4.78, 5) is 11.8. The summed E-state index contributed by atoms with van der Waals surface area (Å²) >= 11 is 0. The number of piperidine rings is 1. The van der Waals surface area contributed by atoms with Gasteiger partial charge in [0.05, 0.1) is 6.61 Å². The molecule has 0 bridgehead atoms. The number of hydrogen-bond acceptors (Lipinski definition) is 3. The molecule has 0 saturated carbocycles. The largest absolute Gasteiger partial charge is 0.493 e. The maximum Gasteiger partial charge on any atom is 0.248 e.